The van der Waals surface area contributed by atoms with Crippen LogP contribution in [-0.2, 0) is 10.3 Å². The molecule has 0 heterocycles. The van der Waals surface area contributed by atoms with Crippen LogP contribution in [0.1, 0.15) is 31.7 Å². The van der Waals surface area contributed by atoms with Crippen molar-refractivity contribution in [2.75, 3.05) is 0 Å². The van der Waals surface area contributed by atoms with Gasteiger partial charge in [-0.05, 0) is 25.8 Å². The summed E-state index contributed by atoms with van der Waals surface area (Å²) in [5, 5.41) is 10.8. The van der Waals surface area contributed by atoms with Crippen LogP contribution in [0.2, 0.25) is 0 Å². The number of nitrogens with two attached hydrogens (primary N) is 1. The van der Waals surface area contributed by atoms with Gasteiger partial charge in [0, 0.05) is 30.0 Å². The maximum atomic E-state index is 13.9. The molecule has 0 aliphatic heterocycles. The molecule has 0 amide bonds. The number of hydrogen-bond donors (Lipinski definition) is 1. The van der Waals surface area contributed by atoms with Crippen molar-refractivity contribution in [3.8, 4) is 0 Å². The minimum absolute atomic E-state index is 0.00379. The van der Waals surface area contributed by atoms with Gasteiger partial charge < -0.3 is 5.73 Å². The summed E-state index contributed by atoms with van der Waals surface area (Å²) in [6.07, 6.45) is 1.76. The topological polar surface area (TPSA) is 86.2 Å². The number of hydrogen-bond acceptors (Lipinski definition) is 4. The van der Waals surface area contributed by atoms with E-state index in [9.17, 15) is 19.3 Å². The third-order valence-corrected chi connectivity index (χ3v) is 3.77. The second-order valence-electron chi connectivity index (χ2n) is 5.12. The number of nitro benzene ring substituents is 1. The lowest BCUT2D eigenvalue weighted by Gasteiger charge is -2.31. The SMILES string of the molecule is CC(N)(c1cc([N+](=O)[O-])ccc1F)C1CCCC1=O. The summed E-state index contributed by atoms with van der Waals surface area (Å²) >= 11 is 0. The summed E-state index contributed by atoms with van der Waals surface area (Å²) < 4.78 is 13.9. The maximum Gasteiger partial charge on any atom is 0.269 e. The molecular formula is C13H15FN2O3. The third-order valence-electron chi connectivity index (χ3n) is 3.77. The van der Waals surface area contributed by atoms with Crippen LogP contribution >= 0.6 is 0 Å². The Kier molecular flexibility index (Phi) is 3.36. The zero-order chi connectivity index (χ0) is 14.2. The Balaban J connectivity index is 2.47. The minimum atomic E-state index is -1.22. The van der Waals surface area contributed by atoms with Crippen LogP contribution in [0.15, 0.2) is 18.2 Å². The molecular weight excluding hydrogens is 251 g/mol. The van der Waals surface area contributed by atoms with Crippen LogP contribution < -0.4 is 5.73 Å². The van der Waals surface area contributed by atoms with E-state index in [-0.39, 0.29) is 17.0 Å². The Labute approximate surface area is 109 Å². The van der Waals surface area contributed by atoms with Gasteiger partial charge in [0.2, 0.25) is 0 Å². The summed E-state index contributed by atoms with van der Waals surface area (Å²) in [5.41, 5.74) is 4.71. The van der Waals surface area contributed by atoms with E-state index in [1.165, 1.54) is 0 Å². The summed E-state index contributed by atoms with van der Waals surface area (Å²) in [6, 6.07) is 3.24. The lowest BCUT2D eigenvalue weighted by atomic mass is 9.78. The van der Waals surface area contributed by atoms with Gasteiger partial charge in [-0.15, -0.1) is 0 Å². The molecule has 2 unspecified atom stereocenters. The number of carbonyl (C=O) groups excluding carboxylic acids is 1. The Morgan fingerprint density at radius 3 is 2.74 bits per heavy atom. The standard InChI is InChI=1S/C13H15FN2O3/c1-13(15,9-3-2-4-12(9)17)10-7-8(16(18)19)5-6-11(10)14/h5-7,9H,2-4,15H2,1H3. The maximum absolute atomic E-state index is 13.9. The molecule has 2 atom stereocenters. The highest BCUT2D eigenvalue weighted by Crippen LogP contribution is 2.38. The highest BCUT2D eigenvalue weighted by Gasteiger charge is 2.41. The molecule has 5 nitrogen and oxygen atoms in total. The first kappa shape index (κ1) is 13.6. The average molecular weight is 266 g/mol. The van der Waals surface area contributed by atoms with E-state index in [1.54, 1.807) is 6.92 Å². The van der Waals surface area contributed by atoms with Gasteiger partial charge >= 0.3 is 0 Å². The van der Waals surface area contributed by atoms with Gasteiger partial charge in [0.25, 0.3) is 5.69 Å². The van der Waals surface area contributed by atoms with E-state index >= 15 is 0 Å². The third kappa shape index (κ3) is 2.35. The van der Waals surface area contributed by atoms with Crippen molar-refractivity contribution in [1.82, 2.24) is 0 Å². The molecule has 0 bridgehead atoms. The molecule has 0 saturated heterocycles. The molecule has 6 heteroatoms. The quantitative estimate of drug-likeness (QED) is 0.671. The van der Waals surface area contributed by atoms with E-state index < -0.39 is 22.2 Å². The number of ketones is 1. The molecule has 2 rings (SSSR count). The number of Topliss-reactive ketones (excluding diaryl/α,β-unsaturated/α-hetero) is 1. The fourth-order valence-corrected chi connectivity index (χ4v) is 2.68. The largest absolute Gasteiger partial charge is 0.321 e. The van der Waals surface area contributed by atoms with E-state index in [1.807, 2.05) is 0 Å². The molecule has 1 fully saturated rings. The molecule has 1 aromatic rings. The molecule has 2 N–H and O–H groups in total. The smallest absolute Gasteiger partial charge is 0.269 e. The van der Waals surface area contributed by atoms with Gasteiger partial charge in [-0.1, -0.05) is 0 Å². The van der Waals surface area contributed by atoms with Crippen molar-refractivity contribution in [1.29, 1.82) is 0 Å². The van der Waals surface area contributed by atoms with E-state index in [2.05, 4.69) is 0 Å². The van der Waals surface area contributed by atoms with Gasteiger partial charge in [-0.3, -0.25) is 14.9 Å². The highest BCUT2D eigenvalue weighted by atomic mass is 19.1. The Bertz CT molecular complexity index is 543. The van der Waals surface area contributed by atoms with Crippen molar-refractivity contribution in [3.63, 3.8) is 0 Å². The average Bonchev–Trinajstić information content (AvgIpc) is 2.76. The number of nitro groups is 1. The zero-order valence-corrected chi connectivity index (χ0v) is 10.6. The monoisotopic (exact) mass is 266 g/mol. The predicted octanol–water partition coefficient (Wildman–Crippen LogP) is 2.28. The van der Waals surface area contributed by atoms with Crippen molar-refractivity contribution >= 4 is 11.5 Å². The first-order valence-corrected chi connectivity index (χ1v) is 6.10. The summed E-state index contributed by atoms with van der Waals surface area (Å²) in [5.74, 6) is -1.10. The molecule has 0 spiro atoms. The van der Waals surface area contributed by atoms with Gasteiger partial charge in [-0.2, -0.15) is 0 Å². The highest BCUT2D eigenvalue weighted by molar-refractivity contribution is 5.84. The predicted molar refractivity (Wildman–Crippen MR) is 66.9 cm³/mol. The van der Waals surface area contributed by atoms with Crippen LogP contribution in [-0.4, -0.2) is 10.7 Å². The molecule has 1 saturated carbocycles. The molecule has 0 aromatic heterocycles. The van der Waals surface area contributed by atoms with Crippen molar-refractivity contribution in [2.24, 2.45) is 11.7 Å². The molecule has 1 aromatic carbocycles. The fraction of sp³-hybridized carbons (Fsp3) is 0.462. The van der Waals surface area contributed by atoms with Crippen LogP contribution in [0.25, 0.3) is 0 Å². The molecule has 19 heavy (non-hydrogen) atoms. The number of rotatable bonds is 3. The Morgan fingerprint density at radius 2 is 2.21 bits per heavy atom. The lowest BCUT2D eigenvalue weighted by molar-refractivity contribution is -0.385. The fourth-order valence-electron chi connectivity index (χ4n) is 2.68. The van der Waals surface area contributed by atoms with E-state index in [0.717, 1.165) is 24.6 Å². The zero-order valence-electron chi connectivity index (χ0n) is 10.6. The number of carbonyl (C=O) groups is 1. The van der Waals surface area contributed by atoms with Gasteiger partial charge in [-0.25, -0.2) is 4.39 Å². The summed E-state index contributed by atoms with van der Waals surface area (Å²) in [6.45, 7) is 1.56. The first-order chi connectivity index (χ1) is 8.84. The second-order valence-corrected chi connectivity index (χ2v) is 5.12. The molecule has 0 radical (unpaired) electrons. The molecule has 1 aliphatic rings. The van der Waals surface area contributed by atoms with Crippen molar-refractivity contribution in [2.45, 2.75) is 31.7 Å². The van der Waals surface area contributed by atoms with Crippen LogP contribution in [0.4, 0.5) is 10.1 Å². The first-order valence-electron chi connectivity index (χ1n) is 6.10. The van der Waals surface area contributed by atoms with Crippen LogP contribution in [0, 0.1) is 21.8 Å². The Hall–Kier alpha value is -1.82. The number of halogens is 1. The molecule has 102 valence electrons. The second kappa shape index (κ2) is 4.70. The van der Waals surface area contributed by atoms with Crippen LogP contribution in [0.3, 0.4) is 0 Å². The number of nitrogens with zero attached hydrogens (tertiary/aromatic N) is 1. The van der Waals surface area contributed by atoms with Gasteiger partial charge in [0.05, 0.1) is 10.5 Å². The van der Waals surface area contributed by atoms with Gasteiger partial charge in [0.15, 0.2) is 0 Å². The lowest BCUT2D eigenvalue weighted by Crippen LogP contribution is -2.43. The van der Waals surface area contributed by atoms with Gasteiger partial charge in [0.1, 0.15) is 11.6 Å². The van der Waals surface area contributed by atoms with Crippen LogP contribution in [0.5, 0.6) is 0 Å². The normalized spacial score (nSPS) is 22.3. The molecule has 1 aliphatic carbocycles. The van der Waals surface area contributed by atoms with Crippen molar-refractivity contribution < 1.29 is 14.1 Å². The Morgan fingerprint density at radius 1 is 1.53 bits per heavy atom. The minimum Gasteiger partial charge on any atom is -0.321 e. The van der Waals surface area contributed by atoms with E-state index in [0.29, 0.717) is 12.8 Å². The number of benzene rings is 1. The van der Waals surface area contributed by atoms with Crippen molar-refractivity contribution in [3.05, 3.63) is 39.7 Å². The summed E-state index contributed by atoms with van der Waals surface area (Å²) in [7, 11) is 0. The summed E-state index contributed by atoms with van der Waals surface area (Å²) in [4.78, 5) is 21.9. The van der Waals surface area contributed by atoms with E-state index in [4.69, 9.17) is 5.73 Å². The number of non-ortho nitro benzene ring substituents is 1.